The minimum absolute atomic E-state index is 0.291. The Morgan fingerprint density at radius 1 is 0.828 bits per heavy atom. The van der Waals surface area contributed by atoms with Crippen LogP contribution in [0.5, 0.6) is 0 Å². The van der Waals surface area contributed by atoms with Crippen LogP contribution in [0.2, 0.25) is 0 Å². The standard InChI is InChI=1S/C25H36F2N2/c1-3-4-5-6-7-8-9-14-22-18-28-25(29-19-22)23-16-15-21(17-24(23)27)13-11-10-12-20(2)26/h15-20H,3-14H2,1-2H3. The van der Waals surface area contributed by atoms with Crippen molar-refractivity contribution >= 4 is 0 Å². The topological polar surface area (TPSA) is 25.8 Å². The Balaban J connectivity index is 1.79. The summed E-state index contributed by atoms with van der Waals surface area (Å²) in [6, 6.07) is 5.24. The maximum absolute atomic E-state index is 14.5. The molecule has 2 nitrogen and oxygen atoms in total. The molecule has 0 bridgehead atoms. The van der Waals surface area contributed by atoms with Crippen LogP contribution in [-0.4, -0.2) is 16.1 Å². The van der Waals surface area contributed by atoms with Gasteiger partial charge < -0.3 is 0 Å². The van der Waals surface area contributed by atoms with Gasteiger partial charge in [-0.15, -0.1) is 0 Å². The van der Waals surface area contributed by atoms with E-state index in [0.717, 1.165) is 43.2 Å². The van der Waals surface area contributed by atoms with Gasteiger partial charge in [0.1, 0.15) is 5.82 Å². The Morgan fingerprint density at radius 2 is 1.45 bits per heavy atom. The molecule has 0 radical (unpaired) electrons. The van der Waals surface area contributed by atoms with E-state index in [1.807, 2.05) is 18.5 Å². The lowest BCUT2D eigenvalue weighted by Gasteiger charge is -2.07. The third-order valence-corrected chi connectivity index (χ3v) is 5.37. The highest BCUT2D eigenvalue weighted by atomic mass is 19.1. The Hall–Kier alpha value is -1.84. The van der Waals surface area contributed by atoms with Gasteiger partial charge in [-0.3, -0.25) is 0 Å². The number of halogens is 2. The fourth-order valence-electron chi connectivity index (χ4n) is 3.56. The molecule has 0 saturated carbocycles. The zero-order valence-electron chi connectivity index (χ0n) is 18.1. The summed E-state index contributed by atoms with van der Waals surface area (Å²) in [4.78, 5) is 8.76. The van der Waals surface area contributed by atoms with Crippen molar-refractivity contribution in [2.45, 2.75) is 97.1 Å². The molecule has 0 aliphatic heterocycles. The normalized spacial score (nSPS) is 12.3. The van der Waals surface area contributed by atoms with E-state index in [1.165, 1.54) is 38.5 Å². The number of unbranched alkanes of at least 4 members (excludes halogenated alkanes) is 7. The molecule has 0 aliphatic carbocycles. The number of hydrogen-bond donors (Lipinski definition) is 0. The number of aryl methyl sites for hydroxylation is 2. The van der Waals surface area contributed by atoms with Gasteiger partial charge in [-0.05, 0) is 62.3 Å². The SMILES string of the molecule is CCCCCCCCCc1cnc(-c2ccc(CCCCC(C)F)cc2F)nc1. The van der Waals surface area contributed by atoms with Gasteiger partial charge in [-0.1, -0.05) is 57.9 Å². The molecule has 1 aromatic heterocycles. The maximum atomic E-state index is 14.5. The minimum atomic E-state index is -0.764. The molecule has 4 heteroatoms. The molecule has 160 valence electrons. The van der Waals surface area contributed by atoms with Gasteiger partial charge in [0, 0.05) is 12.4 Å². The second-order valence-corrected chi connectivity index (χ2v) is 8.13. The molecule has 2 aromatic rings. The Bertz CT molecular complexity index is 698. The lowest BCUT2D eigenvalue weighted by atomic mass is 10.0. The summed E-state index contributed by atoms with van der Waals surface area (Å²) in [6.07, 6.45) is 15.9. The molecule has 0 aliphatic rings. The van der Waals surface area contributed by atoms with E-state index in [0.29, 0.717) is 17.8 Å². The number of aromatic nitrogens is 2. The molecule has 1 heterocycles. The first-order chi connectivity index (χ1) is 14.1. The summed E-state index contributed by atoms with van der Waals surface area (Å²) in [6.45, 7) is 3.82. The zero-order valence-corrected chi connectivity index (χ0v) is 18.1. The van der Waals surface area contributed by atoms with Gasteiger partial charge >= 0.3 is 0 Å². The lowest BCUT2D eigenvalue weighted by molar-refractivity contribution is 0.331. The fourth-order valence-corrected chi connectivity index (χ4v) is 3.56. The van der Waals surface area contributed by atoms with Crippen molar-refractivity contribution in [1.29, 1.82) is 0 Å². The van der Waals surface area contributed by atoms with Crippen LogP contribution in [-0.2, 0) is 12.8 Å². The van der Waals surface area contributed by atoms with Crippen LogP contribution in [0.3, 0.4) is 0 Å². The largest absolute Gasteiger partial charge is 0.248 e. The van der Waals surface area contributed by atoms with E-state index in [4.69, 9.17) is 0 Å². The Morgan fingerprint density at radius 3 is 2.10 bits per heavy atom. The van der Waals surface area contributed by atoms with E-state index in [-0.39, 0.29) is 5.82 Å². The van der Waals surface area contributed by atoms with Gasteiger partial charge in [0.05, 0.1) is 11.7 Å². The monoisotopic (exact) mass is 402 g/mol. The van der Waals surface area contributed by atoms with Gasteiger partial charge in [0.25, 0.3) is 0 Å². The van der Waals surface area contributed by atoms with Crippen LogP contribution < -0.4 is 0 Å². The van der Waals surface area contributed by atoms with Gasteiger partial charge in [-0.2, -0.15) is 0 Å². The van der Waals surface area contributed by atoms with Gasteiger partial charge in [-0.25, -0.2) is 18.7 Å². The molecule has 0 saturated heterocycles. The van der Waals surface area contributed by atoms with E-state index in [9.17, 15) is 8.78 Å². The highest BCUT2D eigenvalue weighted by Crippen LogP contribution is 2.22. The van der Waals surface area contributed by atoms with Gasteiger partial charge in [0.2, 0.25) is 0 Å². The average molecular weight is 403 g/mol. The molecule has 0 fully saturated rings. The van der Waals surface area contributed by atoms with Crippen molar-refractivity contribution < 1.29 is 8.78 Å². The summed E-state index contributed by atoms with van der Waals surface area (Å²) in [5, 5.41) is 0. The molecule has 1 atom stereocenters. The second kappa shape index (κ2) is 13.4. The average Bonchev–Trinajstić information content (AvgIpc) is 2.71. The molecule has 2 rings (SSSR count). The number of rotatable bonds is 14. The number of nitrogens with zero attached hydrogens (tertiary/aromatic N) is 2. The first kappa shape index (κ1) is 23.4. The molecule has 1 aromatic carbocycles. The summed E-state index contributed by atoms with van der Waals surface area (Å²) >= 11 is 0. The lowest BCUT2D eigenvalue weighted by Crippen LogP contribution is -1.97. The molecular weight excluding hydrogens is 366 g/mol. The Labute approximate surface area is 175 Å². The fraction of sp³-hybridized carbons (Fsp3) is 0.600. The quantitative estimate of drug-likeness (QED) is 0.303. The number of hydrogen-bond acceptors (Lipinski definition) is 2. The van der Waals surface area contributed by atoms with E-state index >= 15 is 0 Å². The highest BCUT2D eigenvalue weighted by Gasteiger charge is 2.09. The second-order valence-electron chi connectivity index (χ2n) is 8.13. The van der Waals surface area contributed by atoms with Crippen molar-refractivity contribution in [3.05, 3.63) is 47.5 Å². The molecule has 0 amide bonds. The first-order valence-corrected chi connectivity index (χ1v) is 11.3. The van der Waals surface area contributed by atoms with Crippen LogP contribution in [0.25, 0.3) is 11.4 Å². The number of alkyl halides is 1. The van der Waals surface area contributed by atoms with Crippen LogP contribution >= 0.6 is 0 Å². The molecular formula is C25H36F2N2. The third-order valence-electron chi connectivity index (χ3n) is 5.37. The van der Waals surface area contributed by atoms with Crippen molar-refractivity contribution in [2.75, 3.05) is 0 Å². The minimum Gasteiger partial charge on any atom is -0.248 e. The van der Waals surface area contributed by atoms with Crippen molar-refractivity contribution in [1.82, 2.24) is 9.97 Å². The van der Waals surface area contributed by atoms with E-state index in [1.54, 1.807) is 19.1 Å². The molecule has 0 N–H and O–H groups in total. The van der Waals surface area contributed by atoms with Crippen molar-refractivity contribution in [3.8, 4) is 11.4 Å². The van der Waals surface area contributed by atoms with Crippen LogP contribution in [0, 0.1) is 5.82 Å². The van der Waals surface area contributed by atoms with Crippen molar-refractivity contribution in [3.63, 3.8) is 0 Å². The Kier molecular flexibility index (Phi) is 10.8. The van der Waals surface area contributed by atoms with Crippen LogP contribution in [0.4, 0.5) is 8.78 Å². The van der Waals surface area contributed by atoms with Crippen LogP contribution in [0.15, 0.2) is 30.6 Å². The van der Waals surface area contributed by atoms with E-state index in [2.05, 4.69) is 16.9 Å². The summed E-state index contributed by atoms with van der Waals surface area (Å²) in [5.74, 6) is 0.143. The first-order valence-electron chi connectivity index (χ1n) is 11.3. The predicted molar refractivity (Wildman–Crippen MR) is 117 cm³/mol. The predicted octanol–water partition coefficient (Wildman–Crippen LogP) is 7.65. The molecule has 29 heavy (non-hydrogen) atoms. The van der Waals surface area contributed by atoms with Gasteiger partial charge in [0.15, 0.2) is 5.82 Å². The maximum Gasteiger partial charge on any atom is 0.162 e. The molecule has 1 unspecified atom stereocenters. The summed E-state index contributed by atoms with van der Waals surface area (Å²) in [5.41, 5.74) is 2.49. The van der Waals surface area contributed by atoms with E-state index < -0.39 is 6.17 Å². The highest BCUT2D eigenvalue weighted by molar-refractivity contribution is 5.56. The molecule has 0 spiro atoms. The van der Waals surface area contributed by atoms with Crippen LogP contribution in [0.1, 0.15) is 89.2 Å². The summed E-state index contributed by atoms with van der Waals surface area (Å²) < 4.78 is 27.3. The third kappa shape index (κ3) is 9.01. The summed E-state index contributed by atoms with van der Waals surface area (Å²) in [7, 11) is 0. The zero-order chi connectivity index (χ0) is 20.9. The number of benzene rings is 1. The van der Waals surface area contributed by atoms with Crippen molar-refractivity contribution in [2.24, 2.45) is 0 Å². The smallest absolute Gasteiger partial charge is 0.162 e.